The monoisotopic (exact) mass is 1380 g/mol. The summed E-state index contributed by atoms with van der Waals surface area (Å²) in [6.45, 7) is 9.42. The molecule has 0 spiro atoms. The largest absolute Gasteiger partial charge is 0.488 e. The Labute approximate surface area is 603 Å². The van der Waals surface area contributed by atoms with Crippen LogP contribution in [0.4, 0.5) is 34.1 Å². The third kappa shape index (κ3) is 12.3. The molecule has 0 aliphatic heterocycles. The van der Waals surface area contributed by atoms with E-state index in [1.165, 1.54) is 111 Å². The summed E-state index contributed by atoms with van der Waals surface area (Å²) < 4.78 is 5.96. The highest BCUT2D eigenvalue weighted by Gasteiger charge is 2.38. The van der Waals surface area contributed by atoms with Gasteiger partial charge in [0, 0.05) is 82.3 Å². The molecular weight excluding hydrogens is 1300 g/mol. The number of hydrogen-bond donors (Lipinski definition) is 2. The van der Waals surface area contributed by atoms with Crippen molar-refractivity contribution in [3.05, 3.63) is 366 Å². The van der Waals surface area contributed by atoms with Crippen molar-refractivity contribution in [2.24, 2.45) is 0 Å². The number of aromatic nitrogens is 2. The molecule has 0 bridgehead atoms. The predicted molar refractivity (Wildman–Crippen MR) is 436 cm³/mol. The Balaban J connectivity index is 0.000000145. The Morgan fingerprint density at radius 3 is 0.990 bits per heavy atom. The normalized spacial score (nSPS) is 12.4. The quantitative estimate of drug-likeness (QED) is 0.134. The van der Waals surface area contributed by atoms with E-state index in [4.69, 9.17) is 0 Å². The molecule has 0 saturated heterocycles. The van der Waals surface area contributed by atoms with E-state index in [2.05, 4.69) is 317 Å². The van der Waals surface area contributed by atoms with Gasteiger partial charge in [0.05, 0.1) is 22.1 Å². The second-order valence-electron chi connectivity index (χ2n) is 26.4. The van der Waals surface area contributed by atoms with Gasteiger partial charge in [-0.1, -0.05) is 266 Å². The maximum atomic E-state index is 9.41. The van der Waals surface area contributed by atoms with Gasteiger partial charge in [0.1, 0.15) is 0 Å². The maximum absolute atomic E-state index is 9.41. The number of nitrogens with zero attached hydrogens (tertiary/aromatic N) is 4. The molecule has 496 valence electrons. The van der Waals surface area contributed by atoms with Crippen LogP contribution in [0.25, 0.3) is 88.4 Å². The van der Waals surface area contributed by atoms with Crippen LogP contribution < -0.4 is 15.3 Å². The van der Waals surface area contributed by atoms with Crippen molar-refractivity contribution in [3.8, 4) is 44.8 Å². The number of anilines is 6. The highest BCUT2D eigenvalue weighted by atomic mass is 79.9. The fourth-order valence-corrected chi connectivity index (χ4v) is 15.5. The second-order valence-corrected chi connectivity index (χ2v) is 27.3. The van der Waals surface area contributed by atoms with Crippen molar-refractivity contribution in [2.75, 3.05) is 9.80 Å². The van der Waals surface area contributed by atoms with Crippen molar-refractivity contribution in [2.45, 2.75) is 60.8 Å². The Morgan fingerprint density at radius 1 is 0.287 bits per heavy atom. The first-order chi connectivity index (χ1) is 47.9. The van der Waals surface area contributed by atoms with Gasteiger partial charge in [-0.25, -0.2) is 0 Å². The van der Waals surface area contributed by atoms with Crippen LogP contribution in [0.15, 0.2) is 344 Å². The van der Waals surface area contributed by atoms with Gasteiger partial charge in [0.2, 0.25) is 0 Å². The minimum absolute atomic E-state index is 0. The van der Waals surface area contributed by atoms with Gasteiger partial charge in [0.25, 0.3) is 0 Å². The van der Waals surface area contributed by atoms with Gasteiger partial charge in [-0.05, 0) is 201 Å². The molecule has 0 unspecified atom stereocenters. The predicted octanol–water partition coefficient (Wildman–Crippen LogP) is 24.8. The lowest BCUT2D eigenvalue weighted by Crippen LogP contribution is -2.30. The third-order valence-corrected chi connectivity index (χ3v) is 20.4. The number of fused-ring (bicyclic) bond motifs is 12. The number of benzene rings is 14. The molecule has 0 fully saturated rings. The van der Waals surface area contributed by atoms with Gasteiger partial charge < -0.3 is 29.0 Å². The van der Waals surface area contributed by atoms with Crippen LogP contribution >= 0.6 is 15.9 Å². The van der Waals surface area contributed by atoms with Crippen LogP contribution in [0.5, 0.6) is 0 Å². The molecule has 2 N–H and O–H groups in total. The van der Waals surface area contributed by atoms with E-state index >= 15 is 0 Å². The summed E-state index contributed by atoms with van der Waals surface area (Å²) in [5, 5.41) is 24.0. The minimum Gasteiger partial charge on any atom is -0.423 e. The number of halogens is 1. The summed E-state index contributed by atoms with van der Waals surface area (Å²) in [6, 6.07) is 120. The average molecular weight is 1380 g/mol. The van der Waals surface area contributed by atoms with Gasteiger partial charge in [-0.15, -0.1) is 0 Å². The molecule has 0 amide bonds. The Morgan fingerprint density at radius 2 is 0.594 bits per heavy atom. The van der Waals surface area contributed by atoms with Crippen LogP contribution in [-0.2, 0) is 10.8 Å². The van der Waals surface area contributed by atoms with E-state index < -0.39 is 7.12 Å². The molecule has 2 aliphatic carbocycles. The summed E-state index contributed by atoms with van der Waals surface area (Å²) in [7, 11) is -1.48. The molecule has 18 rings (SSSR count). The molecule has 14 aromatic carbocycles. The SMILES string of the molecule is C.C.C.CC1(C)c2cc(-c3cccc(N(c4ccccc4)c4ccccc4)c3)ccc2-c2ccc(-n3c4ccccc4c4ccccc43)cc21.CC1(C)c2cc(Br)ccc2-c2ccc(-n3c4ccccc4c4ccccc43)cc21.OB(O)c1cccc(N(c2ccccc2)c2ccccc2)c1. The summed E-state index contributed by atoms with van der Waals surface area (Å²) in [5.74, 6) is 0. The number of hydrogen-bond acceptors (Lipinski definition) is 4. The fourth-order valence-electron chi connectivity index (χ4n) is 15.1. The van der Waals surface area contributed by atoms with Crippen molar-refractivity contribution in [3.63, 3.8) is 0 Å². The minimum atomic E-state index is -1.48. The van der Waals surface area contributed by atoms with Crippen LogP contribution in [0.2, 0.25) is 0 Å². The lowest BCUT2D eigenvalue weighted by molar-refractivity contribution is 0.426. The first-order valence-electron chi connectivity index (χ1n) is 33.5. The molecule has 2 heterocycles. The Bertz CT molecular complexity index is 5460. The molecule has 0 radical (unpaired) electrons. The standard InChI is InChI=1S/C45H34N2.C27H20BrN.C18H16BNO2.3CH4/c1-45(2)41-29-32(31-14-13-19-35(28-31)46(33-15-5-3-6-16-33)34-17-7-4-8-18-34)24-26-37(41)38-27-25-36(30-42(38)45)47-43-22-11-9-20-39(43)40-21-10-12-23-44(40)47;1-27(2)23-15-17(28)11-13-19(23)20-14-12-18(16-24(20)27)29-25-9-5-3-7-21(25)22-8-4-6-10-26(22)29;21-19(22)15-8-7-13-18(14-15)20(16-9-3-1-4-10-16)17-11-5-2-6-12-17;;;/h3-30H,1-2H3;3-16H,1-2H3;1-14,21-22H;3*1H4. The van der Waals surface area contributed by atoms with Gasteiger partial charge in [0.15, 0.2) is 0 Å². The smallest absolute Gasteiger partial charge is 0.423 e. The van der Waals surface area contributed by atoms with Crippen LogP contribution in [0.3, 0.4) is 0 Å². The summed E-state index contributed by atoms with van der Waals surface area (Å²) in [6.07, 6.45) is 0. The first kappa shape index (κ1) is 68.3. The van der Waals surface area contributed by atoms with Crippen molar-refractivity contribution in [1.29, 1.82) is 0 Å². The van der Waals surface area contributed by atoms with Crippen LogP contribution in [0, 0.1) is 0 Å². The van der Waals surface area contributed by atoms with E-state index in [1.807, 2.05) is 72.8 Å². The van der Waals surface area contributed by atoms with E-state index in [1.54, 1.807) is 12.1 Å². The molecule has 8 heteroatoms. The van der Waals surface area contributed by atoms with Crippen LogP contribution in [0.1, 0.15) is 72.2 Å². The molecule has 6 nitrogen and oxygen atoms in total. The third-order valence-electron chi connectivity index (χ3n) is 19.9. The maximum Gasteiger partial charge on any atom is 0.488 e. The molecule has 0 atom stereocenters. The van der Waals surface area contributed by atoms with Crippen molar-refractivity contribution >= 4 is 106 Å². The first-order valence-corrected chi connectivity index (χ1v) is 34.3. The highest BCUT2D eigenvalue weighted by Crippen LogP contribution is 2.53. The molecule has 16 aromatic rings. The zero-order valence-electron chi connectivity index (χ0n) is 55.0. The van der Waals surface area contributed by atoms with E-state index in [0.717, 1.165) is 38.6 Å². The topological polar surface area (TPSA) is 56.8 Å². The molecular formula is C93H82BBrN4O2. The zero-order valence-corrected chi connectivity index (χ0v) is 56.6. The second kappa shape index (κ2) is 28.2. The summed E-state index contributed by atoms with van der Waals surface area (Å²) in [4.78, 5) is 4.40. The lowest BCUT2D eigenvalue weighted by Gasteiger charge is -2.26. The van der Waals surface area contributed by atoms with E-state index in [-0.39, 0.29) is 33.1 Å². The Hall–Kier alpha value is -11.3. The number of rotatable bonds is 10. The summed E-state index contributed by atoms with van der Waals surface area (Å²) >= 11 is 3.66. The average Bonchev–Trinajstić information content (AvgIpc) is 1.57. The zero-order chi connectivity index (χ0) is 66.7. The van der Waals surface area contributed by atoms with Gasteiger partial charge >= 0.3 is 7.12 Å². The lowest BCUT2D eigenvalue weighted by atomic mass is 9.80. The number of para-hydroxylation sites is 8. The Kier molecular flexibility index (Phi) is 19.0. The molecule has 2 aliphatic rings. The molecule has 0 saturated carbocycles. The van der Waals surface area contributed by atoms with Crippen molar-refractivity contribution < 1.29 is 10.0 Å². The highest BCUT2D eigenvalue weighted by molar-refractivity contribution is 9.10. The summed E-state index contributed by atoms with van der Waals surface area (Å²) in [5.41, 5.74) is 27.4. The van der Waals surface area contributed by atoms with E-state index in [9.17, 15) is 10.0 Å². The van der Waals surface area contributed by atoms with Gasteiger partial charge in [-0.3, -0.25) is 0 Å². The van der Waals surface area contributed by atoms with Crippen molar-refractivity contribution in [1.82, 2.24) is 9.13 Å². The van der Waals surface area contributed by atoms with Crippen LogP contribution in [-0.4, -0.2) is 26.3 Å². The molecule has 101 heavy (non-hydrogen) atoms. The van der Waals surface area contributed by atoms with Gasteiger partial charge in [-0.2, -0.15) is 0 Å². The van der Waals surface area contributed by atoms with E-state index in [0.29, 0.717) is 5.46 Å². The fraction of sp³-hybridized carbons (Fsp3) is 0.0968. The molecule has 2 aromatic heterocycles.